The summed E-state index contributed by atoms with van der Waals surface area (Å²) in [4.78, 5) is 14.8. The molecule has 0 aliphatic heterocycles. The highest BCUT2D eigenvalue weighted by molar-refractivity contribution is 9.10. The SMILES string of the molecule is O=[N+]([O-])c1ccc(COc2ccc(Br)cc2C=NNc2nc3ccccc3s2)cc1. The zero-order valence-electron chi connectivity index (χ0n) is 15.5. The Labute approximate surface area is 184 Å². The van der Waals surface area contributed by atoms with Crippen molar-refractivity contribution in [2.75, 3.05) is 5.43 Å². The number of nitro benzene ring substituents is 1. The molecule has 0 fully saturated rings. The minimum absolute atomic E-state index is 0.0520. The van der Waals surface area contributed by atoms with E-state index in [2.05, 4.69) is 31.4 Å². The number of benzene rings is 3. The smallest absolute Gasteiger partial charge is 0.269 e. The number of fused-ring (bicyclic) bond motifs is 1. The molecule has 9 heteroatoms. The number of halogens is 1. The lowest BCUT2D eigenvalue weighted by Gasteiger charge is -2.09. The van der Waals surface area contributed by atoms with Gasteiger partial charge in [-0.3, -0.25) is 15.5 Å². The van der Waals surface area contributed by atoms with Crippen LogP contribution in [-0.2, 0) is 6.61 Å². The highest BCUT2D eigenvalue weighted by Gasteiger charge is 2.07. The average molecular weight is 483 g/mol. The standard InChI is InChI=1S/C21H15BrN4O3S/c22-16-7-10-19(29-13-14-5-8-17(9-6-14)26(27)28)15(11-16)12-23-25-21-24-18-3-1-2-4-20(18)30-21/h1-12H,13H2,(H,24,25). The van der Waals surface area contributed by atoms with E-state index in [4.69, 9.17) is 4.74 Å². The molecule has 0 unspecified atom stereocenters. The predicted octanol–water partition coefficient (Wildman–Crippen LogP) is 5.99. The monoisotopic (exact) mass is 482 g/mol. The summed E-state index contributed by atoms with van der Waals surface area (Å²) in [5.41, 5.74) is 5.55. The minimum atomic E-state index is -0.424. The maximum atomic E-state index is 10.8. The molecule has 4 aromatic rings. The van der Waals surface area contributed by atoms with Gasteiger partial charge in [-0.2, -0.15) is 5.10 Å². The molecule has 0 aliphatic carbocycles. The second-order valence-electron chi connectivity index (χ2n) is 6.25. The fourth-order valence-corrected chi connectivity index (χ4v) is 3.90. The quantitative estimate of drug-likeness (QED) is 0.198. The topological polar surface area (TPSA) is 89.7 Å². The van der Waals surface area contributed by atoms with Gasteiger partial charge in [0.05, 0.1) is 21.4 Å². The first-order valence-corrected chi connectivity index (χ1v) is 10.5. The van der Waals surface area contributed by atoms with Crippen LogP contribution in [0.5, 0.6) is 5.75 Å². The Bertz CT molecular complexity index is 1190. The average Bonchev–Trinajstić information content (AvgIpc) is 3.16. The van der Waals surface area contributed by atoms with Crippen molar-refractivity contribution in [3.8, 4) is 5.75 Å². The Hall–Kier alpha value is -3.30. The first-order valence-electron chi connectivity index (χ1n) is 8.89. The Kier molecular flexibility index (Phi) is 6.01. The largest absolute Gasteiger partial charge is 0.488 e. The first-order chi connectivity index (χ1) is 14.6. The van der Waals surface area contributed by atoms with Gasteiger partial charge in [0, 0.05) is 22.2 Å². The van der Waals surface area contributed by atoms with Gasteiger partial charge in [-0.05, 0) is 48.0 Å². The van der Waals surface area contributed by atoms with Gasteiger partial charge >= 0.3 is 0 Å². The van der Waals surface area contributed by atoms with E-state index in [0.29, 0.717) is 10.9 Å². The summed E-state index contributed by atoms with van der Waals surface area (Å²) in [5, 5.41) is 15.8. The van der Waals surface area contributed by atoms with Crippen LogP contribution in [0.4, 0.5) is 10.8 Å². The normalized spacial score (nSPS) is 11.1. The summed E-state index contributed by atoms with van der Waals surface area (Å²) in [6.45, 7) is 0.283. The number of para-hydroxylation sites is 1. The van der Waals surface area contributed by atoms with Crippen LogP contribution in [0, 0.1) is 10.1 Å². The Morgan fingerprint density at radius 2 is 1.97 bits per heavy atom. The lowest BCUT2D eigenvalue weighted by molar-refractivity contribution is -0.384. The molecular formula is C21H15BrN4O3S. The van der Waals surface area contributed by atoms with Crippen molar-refractivity contribution in [2.45, 2.75) is 6.61 Å². The number of non-ortho nitro benzene ring substituents is 1. The number of ether oxygens (including phenoxy) is 1. The lowest BCUT2D eigenvalue weighted by atomic mass is 10.2. The van der Waals surface area contributed by atoms with Gasteiger partial charge in [-0.15, -0.1) is 0 Å². The molecule has 0 spiro atoms. The van der Waals surface area contributed by atoms with E-state index in [0.717, 1.165) is 25.8 Å². The van der Waals surface area contributed by atoms with Crippen molar-refractivity contribution in [1.29, 1.82) is 0 Å². The molecule has 3 aromatic carbocycles. The van der Waals surface area contributed by atoms with Crippen LogP contribution in [-0.4, -0.2) is 16.1 Å². The highest BCUT2D eigenvalue weighted by Crippen LogP contribution is 2.26. The number of hydrogen-bond donors (Lipinski definition) is 1. The molecule has 0 bridgehead atoms. The molecule has 0 aliphatic rings. The molecule has 0 atom stereocenters. The molecule has 1 N–H and O–H groups in total. The maximum absolute atomic E-state index is 10.8. The van der Waals surface area contributed by atoms with Crippen molar-refractivity contribution >= 4 is 54.5 Å². The van der Waals surface area contributed by atoms with Crippen LogP contribution in [0.3, 0.4) is 0 Å². The third-order valence-corrected chi connectivity index (χ3v) is 5.61. The van der Waals surface area contributed by atoms with Crippen molar-refractivity contribution in [1.82, 2.24) is 4.98 Å². The van der Waals surface area contributed by atoms with Crippen LogP contribution in [0.1, 0.15) is 11.1 Å². The molecule has 1 heterocycles. The van der Waals surface area contributed by atoms with Crippen molar-refractivity contribution in [3.63, 3.8) is 0 Å². The van der Waals surface area contributed by atoms with Gasteiger partial charge in [0.1, 0.15) is 12.4 Å². The van der Waals surface area contributed by atoms with E-state index >= 15 is 0 Å². The molecular weight excluding hydrogens is 468 g/mol. The number of anilines is 1. The molecule has 30 heavy (non-hydrogen) atoms. The van der Waals surface area contributed by atoms with E-state index in [-0.39, 0.29) is 12.3 Å². The Morgan fingerprint density at radius 3 is 2.73 bits per heavy atom. The fraction of sp³-hybridized carbons (Fsp3) is 0.0476. The number of thiazole rings is 1. The van der Waals surface area contributed by atoms with E-state index in [1.807, 2.05) is 42.5 Å². The molecule has 7 nitrogen and oxygen atoms in total. The van der Waals surface area contributed by atoms with Gasteiger partial charge < -0.3 is 4.74 Å². The lowest BCUT2D eigenvalue weighted by Crippen LogP contribution is -1.99. The third kappa shape index (κ3) is 4.81. The zero-order chi connectivity index (χ0) is 20.9. The fourth-order valence-electron chi connectivity index (χ4n) is 2.70. The van der Waals surface area contributed by atoms with Gasteiger partial charge in [-0.25, -0.2) is 4.98 Å². The second kappa shape index (κ2) is 9.02. The zero-order valence-corrected chi connectivity index (χ0v) is 17.9. The molecule has 1 aromatic heterocycles. The molecule has 0 saturated carbocycles. The maximum Gasteiger partial charge on any atom is 0.269 e. The summed E-state index contributed by atoms with van der Waals surface area (Å²) in [6, 6.07) is 19.8. The van der Waals surface area contributed by atoms with Crippen LogP contribution in [0.15, 0.2) is 76.3 Å². The van der Waals surface area contributed by atoms with Crippen molar-refractivity contribution in [2.24, 2.45) is 5.10 Å². The third-order valence-electron chi connectivity index (χ3n) is 4.17. The van der Waals surface area contributed by atoms with Gasteiger partial charge in [0.25, 0.3) is 5.69 Å². The van der Waals surface area contributed by atoms with E-state index < -0.39 is 4.92 Å². The molecule has 150 valence electrons. The second-order valence-corrected chi connectivity index (χ2v) is 8.20. The molecule has 0 saturated heterocycles. The number of nitrogens with zero attached hydrogens (tertiary/aromatic N) is 3. The Balaban J connectivity index is 1.45. The summed E-state index contributed by atoms with van der Waals surface area (Å²) in [6.07, 6.45) is 1.67. The van der Waals surface area contributed by atoms with Crippen molar-refractivity contribution in [3.05, 3.63) is 92.4 Å². The summed E-state index contributed by atoms with van der Waals surface area (Å²) >= 11 is 4.99. The molecule has 4 rings (SSSR count). The highest BCUT2D eigenvalue weighted by atomic mass is 79.9. The number of nitro groups is 1. The number of rotatable bonds is 7. The van der Waals surface area contributed by atoms with Gasteiger partial charge in [0.15, 0.2) is 0 Å². The van der Waals surface area contributed by atoms with Crippen LogP contribution in [0.25, 0.3) is 10.2 Å². The number of hydrogen-bond acceptors (Lipinski definition) is 7. The number of hydrazone groups is 1. The van der Waals surface area contributed by atoms with Gasteiger partial charge in [0.2, 0.25) is 5.13 Å². The van der Waals surface area contributed by atoms with Crippen LogP contribution < -0.4 is 10.2 Å². The van der Waals surface area contributed by atoms with E-state index in [1.165, 1.54) is 23.5 Å². The van der Waals surface area contributed by atoms with Crippen molar-refractivity contribution < 1.29 is 9.66 Å². The number of aromatic nitrogens is 1. The summed E-state index contributed by atoms with van der Waals surface area (Å²) in [5.74, 6) is 0.645. The summed E-state index contributed by atoms with van der Waals surface area (Å²) in [7, 11) is 0. The first kappa shape index (κ1) is 20.0. The van der Waals surface area contributed by atoms with E-state index in [9.17, 15) is 10.1 Å². The summed E-state index contributed by atoms with van der Waals surface area (Å²) < 4.78 is 7.89. The minimum Gasteiger partial charge on any atom is -0.488 e. The number of nitrogens with one attached hydrogen (secondary N) is 1. The van der Waals surface area contributed by atoms with Crippen LogP contribution in [0.2, 0.25) is 0 Å². The molecule has 0 amide bonds. The Morgan fingerprint density at radius 1 is 1.17 bits per heavy atom. The van der Waals surface area contributed by atoms with Gasteiger partial charge in [-0.1, -0.05) is 39.4 Å². The van der Waals surface area contributed by atoms with E-state index in [1.54, 1.807) is 18.3 Å². The predicted molar refractivity (Wildman–Crippen MR) is 122 cm³/mol. The van der Waals surface area contributed by atoms with Crippen LogP contribution >= 0.6 is 27.3 Å². The molecule has 0 radical (unpaired) electrons.